The Kier molecular flexibility index (Phi) is 2.60. The summed E-state index contributed by atoms with van der Waals surface area (Å²) >= 11 is 0. The molecule has 3 heterocycles. The highest BCUT2D eigenvalue weighted by Gasteiger charge is 2.09. The summed E-state index contributed by atoms with van der Waals surface area (Å²) in [5.41, 5.74) is 2.07. The smallest absolute Gasteiger partial charge is 0.282 e. The Bertz CT molecular complexity index is 639. The Labute approximate surface area is 104 Å². The highest BCUT2D eigenvalue weighted by atomic mass is 15.2. The van der Waals surface area contributed by atoms with Gasteiger partial charge in [0.1, 0.15) is 24.6 Å². The van der Waals surface area contributed by atoms with Crippen LogP contribution in [0, 0.1) is 6.92 Å². The van der Waals surface area contributed by atoms with E-state index in [0.717, 1.165) is 17.9 Å². The maximum absolute atomic E-state index is 4.21. The first kappa shape index (κ1) is 10.6. The Hall–Kier alpha value is -2.50. The molecule has 3 aromatic rings. The van der Waals surface area contributed by atoms with Crippen molar-refractivity contribution in [2.75, 3.05) is 0 Å². The molecule has 0 atom stereocenters. The van der Waals surface area contributed by atoms with Crippen molar-refractivity contribution in [3.63, 3.8) is 0 Å². The quantitative estimate of drug-likeness (QED) is 0.684. The molecule has 0 aliphatic carbocycles. The van der Waals surface area contributed by atoms with E-state index in [-0.39, 0.29) is 0 Å². The zero-order valence-electron chi connectivity index (χ0n) is 9.98. The molecule has 0 amide bonds. The molecule has 0 fully saturated rings. The third kappa shape index (κ3) is 2.13. The number of H-pyrrole nitrogens is 1. The molecule has 6 heteroatoms. The third-order valence-electron chi connectivity index (χ3n) is 2.58. The number of hydrogen-bond acceptors (Lipinski definition) is 3. The monoisotopic (exact) mass is 241 g/mol. The number of nitrogens with zero attached hydrogens (tertiary/aromatic N) is 5. The molecule has 6 nitrogen and oxygen atoms in total. The first-order valence-corrected chi connectivity index (χ1v) is 5.66. The summed E-state index contributed by atoms with van der Waals surface area (Å²) in [6.45, 7) is 2.72. The lowest BCUT2D eigenvalue weighted by molar-refractivity contribution is -0.688. The van der Waals surface area contributed by atoms with Gasteiger partial charge in [-0.05, 0) is 19.1 Å². The first-order chi connectivity index (χ1) is 8.81. The largest absolute Gasteiger partial charge is 0.325 e. The van der Waals surface area contributed by atoms with E-state index < -0.39 is 0 Å². The summed E-state index contributed by atoms with van der Waals surface area (Å²) in [5, 5.41) is 7.14. The van der Waals surface area contributed by atoms with E-state index in [1.807, 2.05) is 40.8 Å². The predicted octanol–water partition coefficient (Wildman–Crippen LogP) is 0.635. The van der Waals surface area contributed by atoms with Gasteiger partial charge in [0.25, 0.3) is 6.33 Å². The molecule has 0 saturated carbocycles. The molecule has 0 radical (unpaired) electrons. The van der Waals surface area contributed by atoms with Crippen LogP contribution in [0.1, 0.15) is 11.4 Å². The van der Waals surface area contributed by atoms with Gasteiger partial charge in [0.2, 0.25) is 0 Å². The minimum absolute atomic E-state index is 0.662. The summed E-state index contributed by atoms with van der Waals surface area (Å²) in [6, 6.07) is 3.83. The molecular weight excluding hydrogens is 228 g/mol. The molecular formula is C12H13N6+. The van der Waals surface area contributed by atoms with E-state index in [0.29, 0.717) is 5.95 Å². The van der Waals surface area contributed by atoms with Gasteiger partial charge >= 0.3 is 5.95 Å². The van der Waals surface area contributed by atoms with Gasteiger partial charge in [-0.3, -0.25) is 5.10 Å². The van der Waals surface area contributed by atoms with Crippen LogP contribution in [0.15, 0.2) is 43.2 Å². The van der Waals surface area contributed by atoms with Gasteiger partial charge < -0.3 is 0 Å². The summed E-state index contributed by atoms with van der Waals surface area (Å²) in [7, 11) is 0. The van der Waals surface area contributed by atoms with E-state index in [1.54, 1.807) is 18.5 Å². The van der Waals surface area contributed by atoms with Gasteiger partial charge in [0.05, 0.1) is 0 Å². The SMILES string of the molecule is Cc1cc(C[n+]2ccn(-c3ncccn3)c2)n[nH]1. The summed E-state index contributed by atoms with van der Waals surface area (Å²) in [5.74, 6) is 0.662. The van der Waals surface area contributed by atoms with Crippen LogP contribution < -0.4 is 4.57 Å². The van der Waals surface area contributed by atoms with Crippen molar-refractivity contribution in [1.29, 1.82) is 0 Å². The van der Waals surface area contributed by atoms with Crippen molar-refractivity contribution in [2.24, 2.45) is 0 Å². The standard InChI is InChI=1S/C12H13N6/c1-10-7-11(16-15-10)8-17-5-6-18(9-17)12-13-3-2-4-14-12/h2-7,9H,8H2,1H3,(H,15,16)/q+1. The number of hydrogen-bond donors (Lipinski definition) is 1. The number of aromatic nitrogens is 6. The fourth-order valence-electron chi connectivity index (χ4n) is 1.77. The van der Waals surface area contributed by atoms with E-state index in [2.05, 4.69) is 20.2 Å². The van der Waals surface area contributed by atoms with Crippen LogP contribution in [0.5, 0.6) is 0 Å². The minimum atomic E-state index is 0.662. The molecule has 0 bridgehead atoms. The normalized spacial score (nSPS) is 10.7. The van der Waals surface area contributed by atoms with Gasteiger partial charge in [-0.1, -0.05) is 0 Å². The average Bonchev–Trinajstić information content (AvgIpc) is 3.01. The van der Waals surface area contributed by atoms with Crippen molar-refractivity contribution in [2.45, 2.75) is 13.5 Å². The van der Waals surface area contributed by atoms with Gasteiger partial charge in [-0.25, -0.2) is 4.57 Å². The zero-order chi connectivity index (χ0) is 12.4. The van der Waals surface area contributed by atoms with Crippen molar-refractivity contribution in [3.05, 3.63) is 54.6 Å². The highest BCUT2D eigenvalue weighted by Crippen LogP contribution is 1.99. The van der Waals surface area contributed by atoms with Crippen LogP contribution in [0.4, 0.5) is 0 Å². The lowest BCUT2D eigenvalue weighted by atomic mass is 10.4. The summed E-state index contributed by atoms with van der Waals surface area (Å²) < 4.78 is 3.91. The van der Waals surface area contributed by atoms with Crippen molar-refractivity contribution >= 4 is 0 Å². The lowest BCUT2D eigenvalue weighted by Crippen LogP contribution is -2.31. The second-order valence-corrected chi connectivity index (χ2v) is 4.08. The number of rotatable bonds is 3. The van der Waals surface area contributed by atoms with Crippen LogP contribution >= 0.6 is 0 Å². The van der Waals surface area contributed by atoms with Gasteiger partial charge in [0, 0.05) is 18.1 Å². The van der Waals surface area contributed by atoms with Crippen LogP contribution in [-0.4, -0.2) is 24.7 Å². The number of nitrogens with one attached hydrogen (secondary N) is 1. The fourth-order valence-corrected chi connectivity index (χ4v) is 1.77. The molecule has 18 heavy (non-hydrogen) atoms. The minimum Gasteiger partial charge on any atom is -0.282 e. The molecule has 0 saturated heterocycles. The number of imidazole rings is 1. The van der Waals surface area contributed by atoms with Crippen LogP contribution in [0.2, 0.25) is 0 Å². The summed E-state index contributed by atoms with van der Waals surface area (Å²) in [4.78, 5) is 8.38. The van der Waals surface area contributed by atoms with Crippen LogP contribution in [0.3, 0.4) is 0 Å². The van der Waals surface area contributed by atoms with Gasteiger partial charge in [-0.2, -0.15) is 19.6 Å². The Balaban J connectivity index is 1.82. The van der Waals surface area contributed by atoms with Gasteiger partial charge in [-0.15, -0.1) is 0 Å². The van der Waals surface area contributed by atoms with Crippen LogP contribution in [0.25, 0.3) is 5.95 Å². The maximum atomic E-state index is 4.21. The van der Waals surface area contributed by atoms with E-state index in [1.165, 1.54) is 0 Å². The zero-order valence-corrected chi connectivity index (χ0v) is 9.98. The van der Waals surface area contributed by atoms with Crippen molar-refractivity contribution < 1.29 is 4.57 Å². The third-order valence-corrected chi connectivity index (χ3v) is 2.58. The summed E-state index contributed by atoms with van der Waals surface area (Å²) in [6.07, 6.45) is 9.29. The lowest BCUT2D eigenvalue weighted by Gasteiger charge is -1.92. The predicted molar refractivity (Wildman–Crippen MR) is 64.0 cm³/mol. The van der Waals surface area contributed by atoms with Crippen molar-refractivity contribution in [3.8, 4) is 5.95 Å². The van der Waals surface area contributed by atoms with E-state index >= 15 is 0 Å². The number of aryl methyl sites for hydroxylation is 1. The Morgan fingerprint density at radius 3 is 2.89 bits per heavy atom. The molecule has 1 N–H and O–H groups in total. The fraction of sp³-hybridized carbons (Fsp3) is 0.167. The second-order valence-electron chi connectivity index (χ2n) is 4.08. The van der Waals surface area contributed by atoms with Crippen LogP contribution in [-0.2, 0) is 6.54 Å². The van der Waals surface area contributed by atoms with Gasteiger partial charge in [0.15, 0.2) is 0 Å². The van der Waals surface area contributed by atoms with E-state index in [4.69, 9.17) is 0 Å². The Morgan fingerprint density at radius 1 is 1.33 bits per heavy atom. The molecule has 0 aliphatic heterocycles. The maximum Gasteiger partial charge on any atom is 0.325 e. The second kappa shape index (κ2) is 4.40. The molecule has 3 rings (SSSR count). The molecule has 3 aromatic heterocycles. The molecule has 90 valence electrons. The van der Waals surface area contributed by atoms with E-state index in [9.17, 15) is 0 Å². The highest BCUT2D eigenvalue weighted by molar-refractivity contribution is 5.08. The average molecular weight is 241 g/mol. The molecule has 0 unspecified atom stereocenters. The Morgan fingerprint density at radius 2 is 2.17 bits per heavy atom. The topological polar surface area (TPSA) is 63.3 Å². The number of aromatic amines is 1. The molecule has 0 aliphatic rings. The first-order valence-electron chi connectivity index (χ1n) is 5.66. The van der Waals surface area contributed by atoms with Crippen molar-refractivity contribution in [1.82, 2.24) is 24.7 Å². The molecule has 0 aromatic carbocycles. The molecule has 0 spiro atoms.